The van der Waals surface area contributed by atoms with E-state index in [-0.39, 0.29) is 0 Å². The van der Waals surface area contributed by atoms with Crippen LogP contribution in [0.2, 0.25) is 18.5 Å². The quantitative estimate of drug-likeness (QED) is 0.264. The van der Waals surface area contributed by atoms with Gasteiger partial charge in [-0.3, -0.25) is 9.80 Å². The molecule has 51 heavy (non-hydrogen) atoms. The largest absolute Gasteiger partial charge is 0.295 e. The normalized spacial score (nSPS) is 36.1. The van der Waals surface area contributed by atoms with E-state index in [1.807, 2.05) is 0 Å². The summed E-state index contributed by atoms with van der Waals surface area (Å²) in [6.07, 6.45) is 58.9. The topological polar surface area (TPSA) is 6.48 Å². The van der Waals surface area contributed by atoms with E-state index in [1.54, 1.807) is 12.8 Å². The third kappa shape index (κ3) is 12.8. The molecule has 1 aliphatic heterocycles. The molecule has 0 spiro atoms. The smallest absolute Gasteiger partial charge is 0.143 e. The molecule has 6 bridgehead atoms. The highest BCUT2D eigenvalue weighted by molar-refractivity contribution is 6.60. The van der Waals surface area contributed by atoms with Gasteiger partial charge >= 0.3 is 0 Å². The molecule has 0 radical (unpaired) electrons. The molecule has 0 amide bonds. The summed E-state index contributed by atoms with van der Waals surface area (Å²) in [7, 11) is 0. The van der Waals surface area contributed by atoms with E-state index in [4.69, 9.17) is 0 Å². The van der Waals surface area contributed by atoms with Crippen LogP contribution in [0, 0.1) is 0 Å². The van der Waals surface area contributed by atoms with Crippen molar-refractivity contribution in [3.05, 3.63) is 0 Å². The highest BCUT2D eigenvalue weighted by Crippen LogP contribution is 2.44. The first-order valence-electron chi connectivity index (χ1n) is 24.8. The monoisotopic (exact) mass is 705 g/mol. The van der Waals surface area contributed by atoms with E-state index in [1.165, 1.54) is 238 Å². The van der Waals surface area contributed by atoms with Gasteiger partial charge in [0.25, 0.3) is 0 Å². The van der Waals surface area contributed by atoms with E-state index in [9.17, 15) is 0 Å². The molecule has 3 heteroatoms. The van der Waals surface area contributed by atoms with Crippen LogP contribution in [0.25, 0.3) is 0 Å². The van der Waals surface area contributed by atoms with Crippen molar-refractivity contribution < 1.29 is 0 Å². The Morgan fingerprint density at radius 3 is 0.745 bits per heavy atom. The molecule has 5 saturated carbocycles. The van der Waals surface area contributed by atoms with Crippen molar-refractivity contribution in [3.8, 4) is 0 Å². The van der Waals surface area contributed by atoms with Gasteiger partial charge in [-0.25, -0.2) is 0 Å². The summed E-state index contributed by atoms with van der Waals surface area (Å²) in [5, 5.41) is 0. The number of hydrogen-bond donors (Lipinski definition) is 0. The van der Waals surface area contributed by atoms with Crippen molar-refractivity contribution in [3.63, 3.8) is 0 Å². The Kier molecular flexibility index (Phi) is 18.4. The second-order valence-corrected chi connectivity index (χ2v) is 20.0. The number of nitrogens with zero attached hydrogens (tertiary/aromatic N) is 2. The maximum absolute atomic E-state index is 3.40. The van der Waals surface area contributed by atoms with Crippen molar-refractivity contribution in [2.75, 3.05) is 0 Å². The molecule has 6 aliphatic rings. The summed E-state index contributed by atoms with van der Waals surface area (Å²) >= 11 is 0. The molecule has 0 aromatic heterocycles. The van der Waals surface area contributed by atoms with Crippen LogP contribution in [0.4, 0.5) is 0 Å². The molecule has 1 heterocycles. The fraction of sp³-hybridized carbons (Fsp3) is 1.00. The van der Waals surface area contributed by atoms with E-state index in [2.05, 4.69) is 16.6 Å². The van der Waals surface area contributed by atoms with Gasteiger partial charge in [-0.05, 0) is 77.0 Å². The lowest BCUT2D eigenvalue weighted by Gasteiger charge is -2.48. The molecular formula is C48H89BN2. The van der Waals surface area contributed by atoms with Gasteiger partial charge in [-0.2, -0.15) is 0 Å². The van der Waals surface area contributed by atoms with E-state index >= 15 is 0 Å². The maximum Gasteiger partial charge on any atom is 0.143 e. The summed E-state index contributed by atoms with van der Waals surface area (Å²) in [6, 6.07) is 5.18. The zero-order chi connectivity index (χ0) is 34.9. The average Bonchev–Trinajstić information content (AvgIpc) is 3.16. The summed E-state index contributed by atoms with van der Waals surface area (Å²) in [5.74, 6) is 1.89. The second kappa shape index (κ2) is 23.1. The molecule has 6 rings (SSSR count). The van der Waals surface area contributed by atoms with Gasteiger partial charge in [0.2, 0.25) is 0 Å². The Balaban J connectivity index is 1.39. The molecule has 0 aromatic carbocycles. The molecule has 294 valence electrons. The van der Waals surface area contributed by atoms with Crippen LogP contribution in [0.1, 0.15) is 250 Å². The maximum atomic E-state index is 3.40. The molecule has 0 aromatic rings. The fourth-order valence-corrected chi connectivity index (χ4v) is 13.5. The summed E-state index contributed by atoms with van der Waals surface area (Å²) in [5.41, 5.74) is 0. The Bertz CT molecular complexity index is 822. The van der Waals surface area contributed by atoms with Gasteiger partial charge in [0.15, 0.2) is 0 Å². The Hall–Kier alpha value is -0.0151. The van der Waals surface area contributed by atoms with Gasteiger partial charge in [-0.15, -0.1) is 0 Å². The van der Waals surface area contributed by atoms with Crippen molar-refractivity contribution in [1.29, 1.82) is 0 Å². The lowest BCUT2D eigenvalue weighted by Crippen LogP contribution is -2.51. The van der Waals surface area contributed by atoms with Crippen molar-refractivity contribution in [2.24, 2.45) is 0 Å². The standard InChI is InChI=1S/C48H89BN2/c1-49-41-27-15-6-2-12-21-37-47(39-41)50(43-29-17-8-4-9-18-30-43)45-33-23-14-24-34-46(36-26-25-35-45)51(44-31-19-10-5-11-20-32-44)48-38-22-13-3-7-16-28-42(49)40-48/h41-48H,2-40H2,1H3. The molecule has 1 saturated heterocycles. The van der Waals surface area contributed by atoms with Gasteiger partial charge in [0.05, 0.1) is 0 Å². The Labute approximate surface area is 320 Å². The van der Waals surface area contributed by atoms with Crippen LogP contribution < -0.4 is 0 Å². The van der Waals surface area contributed by atoms with Gasteiger partial charge in [0, 0.05) is 36.3 Å². The SMILES string of the molecule is CB1C2CCCCCCCC(C2)N(C2CCCCCCC2)C2CCCCCC(CCCC2)N(C2CCCCCCC2)C2CCCCCCCC1C2. The van der Waals surface area contributed by atoms with Crippen LogP contribution in [0.15, 0.2) is 0 Å². The third-order valence-electron chi connectivity index (χ3n) is 16.4. The molecule has 6 unspecified atom stereocenters. The second-order valence-electron chi connectivity index (χ2n) is 20.0. The Morgan fingerprint density at radius 1 is 0.255 bits per heavy atom. The van der Waals surface area contributed by atoms with E-state index in [0.717, 1.165) is 54.6 Å². The first-order valence-corrected chi connectivity index (χ1v) is 24.8. The number of hydrogen-bond acceptors (Lipinski definition) is 2. The predicted octanol–water partition coefficient (Wildman–Crippen LogP) is 15.0. The minimum absolute atomic E-state index is 0.856. The van der Waals surface area contributed by atoms with Crippen LogP contribution in [-0.2, 0) is 0 Å². The zero-order valence-electron chi connectivity index (χ0n) is 34.7. The average molecular weight is 705 g/mol. The van der Waals surface area contributed by atoms with E-state index < -0.39 is 0 Å². The fourth-order valence-electron chi connectivity index (χ4n) is 13.5. The van der Waals surface area contributed by atoms with Crippen molar-refractivity contribution in [2.45, 2.75) is 305 Å². The lowest BCUT2D eigenvalue weighted by atomic mass is 9.32. The highest BCUT2D eigenvalue weighted by Gasteiger charge is 2.40. The van der Waals surface area contributed by atoms with Crippen LogP contribution in [0.3, 0.4) is 0 Å². The van der Waals surface area contributed by atoms with Gasteiger partial charge in [0.1, 0.15) is 6.71 Å². The summed E-state index contributed by atoms with van der Waals surface area (Å²) in [4.78, 5) is 6.80. The molecule has 6 fully saturated rings. The molecule has 0 N–H and O–H groups in total. The molecular weight excluding hydrogens is 615 g/mol. The third-order valence-corrected chi connectivity index (χ3v) is 16.4. The van der Waals surface area contributed by atoms with Crippen molar-refractivity contribution >= 4 is 6.71 Å². The first kappa shape index (κ1) is 40.6. The van der Waals surface area contributed by atoms with Crippen LogP contribution in [0.5, 0.6) is 0 Å². The lowest BCUT2D eigenvalue weighted by molar-refractivity contribution is 0.0370. The molecule has 5 aliphatic carbocycles. The number of fused-ring (bicyclic) bond motifs is 9. The number of rotatable bonds is 2. The van der Waals surface area contributed by atoms with Gasteiger partial charge in [-0.1, -0.05) is 192 Å². The summed E-state index contributed by atoms with van der Waals surface area (Å²) in [6.45, 7) is 3.75. The van der Waals surface area contributed by atoms with E-state index in [0.29, 0.717) is 0 Å². The molecule has 2 nitrogen and oxygen atoms in total. The van der Waals surface area contributed by atoms with Crippen LogP contribution in [-0.4, -0.2) is 52.8 Å². The zero-order valence-corrected chi connectivity index (χ0v) is 34.7. The summed E-state index contributed by atoms with van der Waals surface area (Å²) < 4.78 is 0. The minimum atomic E-state index is 0.856. The van der Waals surface area contributed by atoms with Gasteiger partial charge < -0.3 is 0 Å². The highest BCUT2D eigenvalue weighted by atomic mass is 15.2. The first-order chi connectivity index (χ1) is 25.3. The van der Waals surface area contributed by atoms with Crippen molar-refractivity contribution in [1.82, 2.24) is 9.80 Å². The Morgan fingerprint density at radius 2 is 0.451 bits per heavy atom. The predicted molar refractivity (Wildman–Crippen MR) is 226 cm³/mol. The molecule has 6 atom stereocenters. The van der Waals surface area contributed by atoms with Crippen LogP contribution >= 0.6 is 0 Å². The minimum Gasteiger partial charge on any atom is -0.295 e.